The average molecular weight is 252 g/mol. The fourth-order valence-corrected chi connectivity index (χ4v) is 3.41. The molecule has 0 radical (unpaired) electrons. The summed E-state index contributed by atoms with van der Waals surface area (Å²) in [6, 6.07) is 1.45. The van der Waals surface area contributed by atoms with E-state index in [-0.39, 0.29) is 0 Å². The lowest BCUT2D eigenvalue weighted by Crippen LogP contribution is -2.52. The minimum absolute atomic E-state index is 0.626. The van der Waals surface area contributed by atoms with Crippen molar-refractivity contribution in [2.45, 2.75) is 57.0 Å². The van der Waals surface area contributed by atoms with Gasteiger partial charge >= 0.3 is 0 Å². The molecule has 0 aromatic heterocycles. The first-order chi connectivity index (χ1) is 8.92. The first-order valence-corrected chi connectivity index (χ1v) is 7.97. The van der Waals surface area contributed by atoms with Crippen LogP contribution in [0.4, 0.5) is 0 Å². The van der Waals surface area contributed by atoms with E-state index in [2.05, 4.69) is 10.2 Å². The highest BCUT2D eigenvalue weighted by atomic mass is 16.5. The van der Waals surface area contributed by atoms with E-state index in [1.807, 2.05) is 0 Å². The van der Waals surface area contributed by atoms with Crippen LogP contribution in [0.3, 0.4) is 0 Å². The highest BCUT2D eigenvalue weighted by Crippen LogP contribution is 2.26. The molecule has 0 aromatic rings. The van der Waals surface area contributed by atoms with Gasteiger partial charge in [0.25, 0.3) is 0 Å². The lowest BCUT2D eigenvalue weighted by molar-refractivity contribution is -0.0160. The number of nitrogens with one attached hydrogen (secondary N) is 1. The van der Waals surface area contributed by atoms with Gasteiger partial charge in [0.2, 0.25) is 0 Å². The molecule has 1 unspecified atom stereocenters. The molecule has 0 amide bonds. The Morgan fingerprint density at radius 2 is 1.89 bits per heavy atom. The van der Waals surface area contributed by atoms with Crippen molar-refractivity contribution in [2.24, 2.45) is 5.92 Å². The first-order valence-electron chi connectivity index (χ1n) is 7.97. The first kappa shape index (κ1) is 12.9. The summed E-state index contributed by atoms with van der Waals surface area (Å²) >= 11 is 0. The van der Waals surface area contributed by atoms with Gasteiger partial charge in [0, 0.05) is 31.7 Å². The van der Waals surface area contributed by atoms with Crippen LogP contribution in [0.25, 0.3) is 0 Å². The highest BCUT2D eigenvalue weighted by Gasteiger charge is 2.28. The lowest BCUT2D eigenvalue weighted by atomic mass is 9.88. The summed E-state index contributed by atoms with van der Waals surface area (Å²) in [5.74, 6) is 0.959. The van der Waals surface area contributed by atoms with Crippen molar-refractivity contribution in [3.8, 4) is 0 Å². The number of ether oxygens (including phenoxy) is 1. The van der Waals surface area contributed by atoms with E-state index in [0.29, 0.717) is 6.04 Å². The molecular weight excluding hydrogens is 224 g/mol. The molecule has 1 aliphatic heterocycles. The van der Waals surface area contributed by atoms with Crippen molar-refractivity contribution in [1.82, 2.24) is 10.2 Å². The Balaban J connectivity index is 1.46. The highest BCUT2D eigenvalue weighted by molar-refractivity contribution is 4.86. The van der Waals surface area contributed by atoms with Gasteiger partial charge in [-0.2, -0.15) is 0 Å². The summed E-state index contributed by atoms with van der Waals surface area (Å²) in [7, 11) is 0. The number of rotatable bonds is 5. The predicted octanol–water partition coefficient (Wildman–Crippen LogP) is 2.02. The molecule has 0 bridgehead atoms. The normalized spacial score (nSPS) is 31.7. The van der Waals surface area contributed by atoms with E-state index in [1.165, 1.54) is 51.5 Å². The van der Waals surface area contributed by atoms with Crippen LogP contribution in [0, 0.1) is 5.92 Å². The SMILES string of the molecule is C1CCC(CN2CCOCC2CNC2CC2)CC1. The third kappa shape index (κ3) is 3.69. The van der Waals surface area contributed by atoms with Gasteiger partial charge in [-0.25, -0.2) is 0 Å². The van der Waals surface area contributed by atoms with E-state index in [0.717, 1.165) is 38.3 Å². The molecular formula is C15H28N2O. The van der Waals surface area contributed by atoms with Crippen LogP contribution in [0.2, 0.25) is 0 Å². The van der Waals surface area contributed by atoms with Crippen LogP contribution in [0.1, 0.15) is 44.9 Å². The third-order valence-electron chi connectivity index (χ3n) is 4.79. The molecule has 3 fully saturated rings. The van der Waals surface area contributed by atoms with E-state index in [4.69, 9.17) is 4.74 Å². The Morgan fingerprint density at radius 1 is 1.06 bits per heavy atom. The van der Waals surface area contributed by atoms with Crippen LogP contribution in [0.15, 0.2) is 0 Å². The zero-order valence-corrected chi connectivity index (χ0v) is 11.6. The topological polar surface area (TPSA) is 24.5 Å². The van der Waals surface area contributed by atoms with Crippen molar-refractivity contribution in [3.63, 3.8) is 0 Å². The molecule has 3 aliphatic rings. The molecule has 1 atom stereocenters. The number of hydrogen-bond donors (Lipinski definition) is 1. The second kappa shape index (κ2) is 6.36. The van der Waals surface area contributed by atoms with E-state index < -0.39 is 0 Å². The second-order valence-corrected chi connectivity index (χ2v) is 6.41. The smallest absolute Gasteiger partial charge is 0.0634 e. The number of morpholine rings is 1. The quantitative estimate of drug-likeness (QED) is 0.810. The maximum absolute atomic E-state index is 5.67. The molecule has 3 rings (SSSR count). The average Bonchev–Trinajstić information content (AvgIpc) is 3.23. The maximum atomic E-state index is 5.67. The summed E-state index contributed by atoms with van der Waals surface area (Å²) < 4.78 is 5.67. The van der Waals surface area contributed by atoms with Crippen molar-refractivity contribution in [2.75, 3.05) is 32.8 Å². The fraction of sp³-hybridized carbons (Fsp3) is 1.00. The van der Waals surface area contributed by atoms with Gasteiger partial charge in [0.1, 0.15) is 0 Å². The summed E-state index contributed by atoms with van der Waals surface area (Å²) in [5, 5.41) is 3.67. The molecule has 1 heterocycles. The fourth-order valence-electron chi connectivity index (χ4n) is 3.41. The molecule has 18 heavy (non-hydrogen) atoms. The maximum Gasteiger partial charge on any atom is 0.0634 e. The van der Waals surface area contributed by atoms with Crippen LogP contribution < -0.4 is 5.32 Å². The zero-order valence-electron chi connectivity index (χ0n) is 11.6. The molecule has 2 saturated carbocycles. The standard InChI is InChI=1S/C15H28N2O/c1-2-4-13(5-3-1)11-17-8-9-18-12-15(17)10-16-14-6-7-14/h13-16H,1-12H2. The van der Waals surface area contributed by atoms with E-state index in [9.17, 15) is 0 Å². The molecule has 0 spiro atoms. The lowest BCUT2D eigenvalue weighted by Gasteiger charge is -2.38. The Morgan fingerprint density at radius 3 is 2.67 bits per heavy atom. The summed E-state index contributed by atoms with van der Waals surface area (Å²) in [5.41, 5.74) is 0. The number of nitrogens with zero attached hydrogens (tertiary/aromatic N) is 1. The van der Waals surface area contributed by atoms with Crippen LogP contribution in [0.5, 0.6) is 0 Å². The molecule has 2 aliphatic carbocycles. The Kier molecular flexibility index (Phi) is 4.55. The monoisotopic (exact) mass is 252 g/mol. The number of hydrogen-bond acceptors (Lipinski definition) is 3. The van der Waals surface area contributed by atoms with Gasteiger partial charge in [-0.15, -0.1) is 0 Å². The van der Waals surface area contributed by atoms with Crippen molar-refractivity contribution < 1.29 is 4.74 Å². The van der Waals surface area contributed by atoms with Crippen LogP contribution in [-0.2, 0) is 4.74 Å². The van der Waals surface area contributed by atoms with E-state index >= 15 is 0 Å². The second-order valence-electron chi connectivity index (χ2n) is 6.41. The van der Waals surface area contributed by atoms with Gasteiger partial charge in [-0.1, -0.05) is 19.3 Å². The third-order valence-corrected chi connectivity index (χ3v) is 4.79. The van der Waals surface area contributed by atoms with Crippen molar-refractivity contribution >= 4 is 0 Å². The van der Waals surface area contributed by atoms with Crippen molar-refractivity contribution in [1.29, 1.82) is 0 Å². The molecule has 1 saturated heterocycles. The Bertz CT molecular complexity index is 249. The van der Waals surface area contributed by atoms with E-state index in [1.54, 1.807) is 0 Å². The Labute approximate surface area is 111 Å². The Hall–Kier alpha value is -0.120. The van der Waals surface area contributed by atoms with Crippen LogP contribution >= 0.6 is 0 Å². The zero-order chi connectivity index (χ0) is 12.2. The minimum atomic E-state index is 0.626. The van der Waals surface area contributed by atoms with Gasteiger partial charge in [-0.3, -0.25) is 4.90 Å². The minimum Gasteiger partial charge on any atom is -0.378 e. The largest absolute Gasteiger partial charge is 0.378 e. The van der Waals surface area contributed by atoms with Gasteiger partial charge in [0.05, 0.1) is 13.2 Å². The molecule has 104 valence electrons. The van der Waals surface area contributed by atoms with Crippen LogP contribution in [-0.4, -0.2) is 49.8 Å². The van der Waals surface area contributed by atoms with Gasteiger partial charge < -0.3 is 10.1 Å². The summed E-state index contributed by atoms with van der Waals surface area (Å²) in [4.78, 5) is 2.70. The van der Waals surface area contributed by atoms with Gasteiger partial charge in [0.15, 0.2) is 0 Å². The molecule has 0 aromatic carbocycles. The molecule has 3 heteroatoms. The summed E-state index contributed by atoms with van der Waals surface area (Å²) in [6.45, 7) is 5.48. The molecule has 1 N–H and O–H groups in total. The molecule has 3 nitrogen and oxygen atoms in total. The predicted molar refractivity (Wildman–Crippen MR) is 73.8 cm³/mol. The summed E-state index contributed by atoms with van der Waals surface area (Å²) in [6.07, 6.45) is 10.1. The van der Waals surface area contributed by atoms with Gasteiger partial charge in [-0.05, 0) is 31.6 Å². The van der Waals surface area contributed by atoms with Crippen molar-refractivity contribution in [3.05, 3.63) is 0 Å².